The minimum absolute atomic E-state index is 0.363. The van der Waals surface area contributed by atoms with Crippen LogP contribution in [-0.4, -0.2) is 11.1 Å². The van der Waals surface area contributed by atoms with Crippen molar-refractivity contribution >= 4 is 22.3 Å². The van der Waals surface area contributed by atoms with Gasteiger partial charge in [-0.1, -0.05) is 49.7 Å². The van der Waals surface area contributed by atoms with Crippen molar-refractivity contribution in [2.75, 3.05) is 0 Å². The van der Waals surface area contributed by atoms with Crippen LogP contribution in [0.15, 0.2) is 53.8 Å². The predicted octanol–water partition coefficient (Wildman–Crippen LogP) is 5.04. The van der Waals surface area contributed by atoms with Crippen LogP contribution in [0, 0.1) is 0 Å². The van der Waals surface area contributed by atoms with E-state index in [4.69, 9.17) is 0 Å². The Morgan fingerprint density at radius 1 is 1.14 bits per heavy atom. The Hall–Kier alpha value is -2.31. The van der Waals surface area contributed by atoms with Gasteiger partial charge in [0.1, 0.15) is 0 Å². The van der Waals surface area contributed by atoms with Crippen molar-refractivity contribution in [3.63, 3.8) is 0 Å². The molecule has 2 aromatic rings. The zero-order chi connectivity index (χ0) is 15.2. The van der Waals surface area contributed by atoms with E-state index in [1.165, 1.54) is 5.39 Å². The number of carboxylic acid groups (broad SMARTS) is 1. The fourth-order valence-corrected chi connectivity index (χ4v) is 2.30. The summed E-state index contributed by atoms with van der Waals surface area (Å²) in [5.74, 6) is -0.872. The molecule has 0 aliphatic carbocycles. The van der Waals surface area contributed by atoms with Crippen LogP contribution >= 0.6 is 0 Å². The average Bonchev–Trinajstić information content (AvgIpc) is 2.50. The minimum atomic E-state index is -0.872. The van der Waals surface area contributed by atoms with E-state index >= 15 is 0 Å². The highest BCUT2D eigenvalue weighted by Gasteiger charge is 2.06. The lowest BCUT2D eigenvalue weighted by atomic mass is 10.0. The molecule has 2 rings (SSSR count). The summed E-state index contributed by atoms with van der Waals surface area (Å²) in [4.78, 5) is 11.3. The van der Waals surface area contributed by atoms with E-state index in [2.05, 4.69) is 36.9 Å². The van der Waals surface area contributed by atoms with Crippen LogP contribution in [-0.2, 0) is 4.79 Å². The summed E-state index contributed by atoms with van der Waals surface area (Å²) in [5.41, 5.74) is 5.32. The lowest BCUT2D eigenvalue weighted by Gasteiger charge is -2.03. The summed E-state index contributed by atoms with van der Waals surface area (Å²) in [6, 6.07) is 14.3. The van der Waals surface area contributed by atoms with Gasteiger partial charge in [-0.2, -0.15) is 0 Å². The Morgan fingerprint density at radius 3 is 2.52 bits per heavy atom. The van der Waals surface area contributed by atoms with E-state index < -0.39 is 5.97 Å². The summed E-state index contributed by atoms with van der Waals surface area (Å²) in [6.07, 6.45) is 2.42. The maximum atomic E-state index is 11.3. The van der Waals surface area contributed by atoms with Crippen LogP contribution in [0.2, 0.25) is 0 Å². The molecule has 0 radical (unpaired) electrons. The molecule has 108 valence electrons. The highest BCUT2D eigenvalue weighted by molar-refractivity contribution is 5.89. The van der Waals surface area contributed by atoms with Gasteiger partial charge in [-0.25, -0.2) is 4.79 Å². The van der Waals surface area contributed by atoms with Crippen molar-refractivity contribution in [1.29, 1.82) is 0 Å². The zero-order valence-electron chi connectivity index (χ0n) is 12.5. The van der Waals surface area contributed by atoms with E-state index in [0.29, 0.717) is 12.0 Å². The molecule has 0 aliphatic heterocycles. The van der Waals surface area contributed by atoms with Crippen LogP contribution in [0.1, 0.15) is 38.7 Å². The normalized spacial score (nSPS) is 10.2. The molecule has 0 fully saturated rings. The van der Waals surface area contributed by atoms with Crippen LogP contribution in [0.5, 0.6) is 0 Å². The summed E-state index contributed by atoms with van der Waals surface area (Å²) in [5, 5.41) is 11.6. The van der Waals surface area contributed by atoms with E-state index in [1.807, 2.05) is 25.1 Å². The summed E-state index contributed by atoms with van der Waals surface area (Å²) < 4.78 is 0. The smallest absolute Gasteiger partial charge is 0.339 e. The predicted molar refractivity (Wildman–Crippen MR) is 87.2 cm³/mol. The third-order valence-corrected chi connectivity index (χ3v) is 3.56. The summed E-state index contributed by atoms with van der Waals surface area (Å²) in [7, 11) is 0. The molecule has 0 saturated heterocycles. The SMILES string of the molecule is CCCCC(=C=C(C)c1ccc2ccccc2c1)C(=O)O. The van der Waals surface area contributed by atoms with Gasteiger partial charge in [-0.15, -0.1) is 5.73 Å². The molecule has 0 bridgehead atoms. The number of unbranched alkanes of at least 4 members (excludes halogenated alkanes) is 1. The van der Waals surface area contributed by atoms with E-state index in [1.54, 1.807) is 0 Å². The number of hydrogen-bond donors (Lipinski definition) is 1. The quantitative estimate of drug-likeness (QED) is 0.615. The maximum absolute atomic E-state index is 11.3. The van der Waals surface area contributed by atoms with Crippen molar-refractivity contribution in [1.82, 2.24) is 0 Å². The van der Waals surface area contributed by atoms with Gasteiger partial charge in [-0.05, 0) is 47.7 Å². The maximum Gasteiger partial charge on any atom is 0.339 e. The van der Waals surface area contributed by atoms with Gasteiger partial charge in [0, 0.05) is 0 Å². The first-order chi connectivity index (χ1) is 10.1. The number of carbonyl (C=O) groups is 1. The lowest BCUT2D eigenvalue weighted by molar-refractivity contribution is -0.132. The van der Waals surface area contributed by atoms with Crippen molar-refractivity contribution < 1.29 is 9.90 Å². The van der Waals surface area contributed by atoms with Crippen molar-refractivity contribution in [2.45, 2.75) is 33.1 Å². The molecule has 0 saturated carbocycles. The number of rotatable bonds is 5. The van der Waals surface area contributed by atoms with Gasteiger partial charge in [-0.3, -0.25) is 0 Å². The number of hydrogen-bond acceptors (Lipinski definition) is 1. The Labute approximate surface area is 125 Å². The van der Waals surface area contributed by atoms with Crippen LogP contribution < -0.4 is 0 Å². The van der Waals surface area contributed by atoms with Gasteiger partial charge in [0.2, 0.25) is 0 Å². The molecule has 0 unspecified atom stereocenters. The Balaban J connectivity index is 2.45. The molecule has 0 heterocycles. The monoisotopic (exact) mass is 280 g/mol. The van der Waals surface area contributed by atoms with E-state index in [9.17, 15) is 9.90 Å². The van der Waals surface area contributed by atoms with Crippen LogP contribution in [0.3, 0.4) is 0 Å². The number of carboxylic acids is 1. The average molecular weight is 280 g/mol. The standard InChI is InChI=1S/C19H20O2/c1-3-4-7-18(19(20)21)12-14(2)16-11-10-15-8-5-6-9-17(15)13-16/h5-6,8-11,13H,3-4,7H2,1-2H3,(H,20,21). The highest BCUT2D eigenvalue weighted by Crippen LogP contribution is 2.21. The van der Waals surface area contributed by atoms with Crippen molar-refractivity contribution in [3.8, 4) is 0 Å². The second-order valence-corrected chi connectivity index (χ2v) is 5.20. The number of aliphatic carboxylic acids is 1. The molecule has 0 atom stereocenters. The second-order valence-electron chi connectivity index (χ2n) is 5.20. The molecule has 2 nitrogen and oxygen atoms in total. The first-order valence-electron chi connectivity index (χ1n) is 7.30. The molecule has 1 N–H and O–H groups in total. The number of benzene rings is 2. The third-order valence-electron chi connectivity index (χ3n) is 3.56. The molecule has 0 amide bonds. The Kier molecular flexibility index (Phi) is 4.97. The third kappa shape index (κ3) is 3.84. The van der Waals surface area contributed by atoms with Crippen molar-refractivity contribution in [3.05, 3.63) is 59.3 Å². The van der Waals surface area contributed by atoms with Crippen LogP contribution in [0.4, 0.5) is 0 Å². The van der Waals surface area contributed by atoms with E-state index in [-0.39, 0.29) is 0 Å². The fraction of sp³-hybridized carbons (Fsp3) is 0.263. The number of fused-ring (bicyclic) bond motifs is 1. The van der Waals surface area contributed by atoms with Gasteiger partial charge in [0.15, 0.2) is 0 Å². The molecular formula is C19H20O2. The summed E-state index contributed by atoms with van der Waals surface area (Å²) >= 11 is 0. The highest BCUT2D eigenvalue weighted by atomic mass is 16.4. The Morgan fingerprint density at radius 2 is 1.86 bits per heavy atom. The van der Waals surface area contributed by atoms with Crippen LogP contribution in [0.25, 0.3) is 16.3 Å². The lowest BCUT2D eigenvalue weighted by Crippen LogP contribution is -1.99. The topological polar surface area (TPSA) is 37.3 Å². The zero-order valence-corrected chi connectivity index (χ0v) is 12.5. The molecule has 0 aromatic heterocycles. The first kappa shape index (κ1) is 15.1. The molecule has 2 aromatic carbocycles. The molecule has 0 spiro atoms. The van der Waals surface area contributed by atoms with Gasteiger partial charge >= 0.3 is 5.97 Å². The first-order valence-corrected chi connectivity index (χ1v) is 7.30. The van der Waals surface area contributed by atoms with E-state index in [0.717, 1.165) is 29.4 Å². The molecular weight excluding hydrogens is 260 g/mol. The van der Waals surface area contributed by atoms with Gasteiger partial charge in [0.25, 0.3) is 0 Å². The van der Waals surface area contributed by atoms with Crippen molar-refractivity contribution in [2.24, 2.45) is 0 Å². The van der Waals surface area contributed by atoms with Gasteiger partial charge in [0.05, 0.1) is 5.57 Å². The molecule has 2 heteroatoms. The minimum Gasteiger partial charge on any atom is -0.477 e. The molecule has 0 aliphatic rings. The second kappa shape index (κ2) is 6.92. The molecule has 21 heavy (non-hydrogen) atoms. The largest absolute Gasteiger partial charge is 0.477 e. The Bertz CT molecular complexity index is 719. The summed E-state index contributed by atoms with van der Waals surface area (Å²) in [6.45, 7) is 3.97. The van der Waals surface area contributed by atoms with Gasteiger partial charge < -0.3 is 5.11 Å². The fourth-order valence-electron chi connectivity index (χ4n) is 2.30.